The molecule has 0 aliphatic heterocycles. The molecule has 36 heavy (non-hydrogen) atoms. The Morgan fingerprint density at radius 2 is 1.67 bits per heavy atom. The van der Waals surface area contributed by atoms with Crippen LogP contribution in [0.1, 0.15) is 67.1 Å². The van der Waals surface area contributed by atoms with E-state index in [1.807, 2.05) is 61.5 Å². The molecule has 0 fully saturated rings. The van der Waals surface area contributed by atoms with Gasteiger partial charge >= 0.3 is 12.1 Å². The predicted molar refractivity (Wildman–Crippen MR) is 139 cm³/mol. The highest BCUT2D eigenvalue weighted by Gasteiger charge is 2.26. The molecule has 2 aromatic carbocycles. The van der Waals surface area contributed by atoms with Crippen LogP contribution in [-0.4, -0.2) is 51.4 Å². The number of nitrogens with zero attached hydrogens (tertiary/aromatic N) is 2. The molecular weight excluding hydrogens is 456 g/mol. The van der Waals surface area contributed by atoms with E-state index in [0.29, 0.717) is 30.6 Å². The molecule has 7 nitrogen and oxygen atoms in total. The third kappa shape index (κ3) is 7.15. The monoisotopic (exact) mass is 490 g/mol. The Kier molecular flexibility index (Phi) is 8.83. The summed E-state index contributed by atoms with van der Waals surface area (Å²) < 4.78 is 4.70. The van der Waals surface area contributed by atoms with E-state index in [9.17, 15) is 19.8 Å². The zero-order chi connectivity index (χ0) is 26.3. The number of rotatable bonds is 10. The molecule has 190 valence electrons. The van der Waals surface area contributed by atoms with Gasteiger partial charge in [0.25, 0.3) is 0 Å². The van der Waals surface area contributed by atoms with Crippen molar-refractivity contribution in [2.24, 2.45) is 0 Å². The van der Waals surface area contributed by atoms with Crippen molar-refractivity contribution in [1.29, 1.82) is 0 Å². The van der Waals surface area contributed by atoms with Crippen LogP contribution in [0.2, 0.25) is 0 Å². The lowest BCUT2D eigenvalue weighted by molar-refractivity contribution is 0.0590. The van der Waals surface area contributed by atoms with Gasteiger partial charge < -0.3 is 19.8 Å². The number of esters is 1. The van der Waals surface area contributed by atoms with Crippen LogP contribution >= 0.6 is 0 Å². The number of pyridine rings is 1. The van der Waals surface area contributed by atoms with Gasteiger partial charge in [0.15, 0.2) is 0 Å². The average Bonchev–Trinajstić information content (AvgIpc) is 2.87. The topological polar surface area (TPSA) is 100.0 Å². The van der Waals surface area contributed by atoms with Gasteiger partial charge in [-0.3, -0.25) is 4.98 Å². The number of amides is 1. The SMILES string of the molecule is COC(=O)c1ccc(-c2ccc([C@H](C)N(CC[C@H](CC(C)(C)O)c3ccccc3)C(=O)O)cc2)nc1. The number of methoxy groups -OCH3 is 1. The Hall–Kier alpha value is -3.71. The molecule has 0 bridgehead atoms. The molecule has 3 rings (SSSR count). The maximum Gasteiger partial charge on any atom is 0.407 e. The molecule has 0 saturated heterocycles. The normalized spacial score (nSPS) is 13.0. The summed E-state index contributed by atoms with van der Waals surface area (Å²) in [5, 5.41) is 20.4. The third-order valence-electron chi connectivity index (χ3n) is 6.32. The van der Waals surface area contributed by atoms with Gasteiger partial charge in [-0.25, -0.2) is 9.59 Å². The summed E-state index contributed by atoms with van der Waals surface area (Å²) in [5.74, 6) is -0.411. The summed E-state index contributed by atoms with van der Waals surface area (Å²) >= 11 is 0. The molecule has 0 unspecified atom stereocenters. The lowest BCUT2D eigenvalue weighted by Gasteiger charge is -2.31. The fourth-order valence-corrected chi connectivity index (χ4v) is 4.38. The lowest BCUT2D eigenvalue weighted by atomic mass is 9.85. The number of carboxylic acid groups (broad SMARTS) is 1. The first-order chi connectivity index (χ1) is 17.1. The molecule has 0 radical (unpaired) electrons. The van der Waals surface area contributed by atoms with Gasteiger partial charge in [-0.05, 0) is 62.8 Å². The van der Waals surface area contributed by atoms with E-state index in [1.54, 1.807) is 26.0 Å². The zero-order valence-electron chi connectivity index (χ0n) is 21.2. The Bertz CT molecular complexity index is 1140. The molecule has 0 aliphatic rings. The Balaban J connectivity index is 1.73. The summed E-state index contributed by atoms with van der Waals surface area (Å²) in [6, 6.07) is 20.6. The highest BCUT2D eigenvalue weighted by molar-refractivity contribution is 5.89. The number of carbonyl (C=O) groups excluding carboxylic acids is 1. The summed E-state index contributed by atoms with van der Waals surface area (Å²) in [7, 11) is 1.33. The van der Waals surface area contributed by atoms with Crippen LogP contribution in [0, 0.1) is 0 Å². The fourth-order valence-electron chi connectivity index (χ4n) is 4.38. The largest absolute Gasteiger partial charge is 0.465 e. The minimum atomic E-state index is -0.985. The standard InChI is InChI=1S/C29H34N2O5/c1-20(21-10-12-23(13-11-21)26-15-14-25(19-30-26)27(32)36-4)31(28(33)34)17-16-24(18-29(2,3)35)22-8-6-5-7-9-22/h5-15,19-20,24,35H,16-18H2,1-4H3,(H,33,34)/t20-,24+/m0/s1. The molecule has 0 spiro atoms. The Labute approximate surface area is 212 Å². The second-order valence-corrected chi connectivity index (χ2v) is 9.61. The van der Waals surface area contributed by atoms with Gasteiger partial charge in [0.1, 0.15) is 0 Å². The number of hydrogen-bond donors (Lipinski definition) is 2. The van der Waals surface area contributed by atoms with Crippen molar-refractivity contribution in [3.63, 3.8) is 0 Å². The van der Waals surface area contributed by atoms with Gasteiger partial charge in [0.05, 0.1) is 30.0 Å². The van der Waals surface area contributed by atoms with Gasteiger partial charge in [0, 0.05) is 18.3 Å². The summed E-state index contributed by atoms with van der Waals surface area (Å²) in [6.07, 6.45) is 1.62. The van der Waals surface area contributed by atoms with Crippen molar-refractivity contribution in [2.45, 2.75) is 51.2 Å². The molecule has 1 heterocycles. The molecule has 2 atom stereocenters. The highest BCUT2D eigenvalue weighted by Crippen LogP contribution is 2.31. The maximum absolute atomic E-state index is 12.2. The van der Waals surface area contributed by atoms with Crippen molar-refractivity contribution in [2.75, 3.05) is 13.7 Å². The van der Waals surface area contributed by atoms with Crippen LogP contribution in [0.5, 0.6) is 0 Å². The molecule has 0 aliphatic carbocycles. The molecule has 1 amide bonds. The first-order valence-electron chi connectivity index (χ1n) is 12.0. The summed E-state index contributed by atoms with van der Waals surface area (Å²) in [6.45, 7) is 5.77. The van der Waals surface area contributed by atoms with E-state index in [1.165, 1.54) is 18.2 Å². The van der Waals surface area contributed by atoms with Crippen LogP contribution in [0.4, 0.5) is 4.79 Å². The van der Waals surface area contributed by atoms with Crippen LogP contribution < -0.4 is 0 Å². The van der Waals surface area contributed by atoms with Gasteiger partial charge in [-0.2, -0.15) is 0 Å². The fraction of sp³-hybridized carbons (Fsp3) is 0.345. The summed E-state index contributed by atoms with van der Waals surface area (Å²) in [4.78, 5) is 29.6. The number of hydrogen-bond acceptors (Lipinski definition) is 5. The van der Waals surface area contributed by atoms with Crippen molar-refractivity contribution >= 4 is 12.1 Å². The number of ether oxygens (including phenoxy) is 1. The Morgan fingerprint density at radius 3 is 2.19 bits per heavy atom. The van der Waals surface area contributed by atoms with Crippen molar-refractivity contribution in [3.05, 3.63) is 89.6 Å². The minimum Gasteiger partial charge on any atom is -0.465 e. The van der Waals surface area contributed by atoms with Crippen LogP contribution in [0.25, 0.3) is 11.3 Å². The number of aliphatic hydroxyl groups is 1. The Morgan fingerprint density at radius 1 is 1.00 bits per heavy atom. The number of carbonyl (C=O) groups is 2. The van der Waals surface area contributed by atoms with Gasteiger partial charge in [0.2, 0.25) is 0 Å². The van der Waals surface area contributed by atoms with Crippen LogP contribution in [-0.2, 0) is 4.74 Å². The van der Waals surface area contributed by atoms with E-state index >= 15 is 0 Å². The smallest absolute Gasteiger partial charge is 0.407 e. The van der Waals surface area contributed by atoms with Crippen molar-refractivity contribution in [1.82, 2.24) is 9.88 Å². The van der Waals surface area contributed by atoms with E-state index in [4.69, 9.17) is 4.74 Å². The second kappa shape index (κ2) is 11.8. The maximum atomic E-state index is 12.2. The van der Waals surface area contributed by atoms with E-state index < -0.39 is 17.7 Å². The van der Waals surface area contributed by atoms with Gasteiger partial charge in [-0.15, -0.1) is 0 Å². The van der Waals surface area contributed by atoms with Gasteiger partial charge in [-0.1, -0.05) is 54.6 Å². The molecule has 1 aromatic heterocycles. The zero-order valence-corrected chi connectivity index (χ0v) is 21.2. The van der Waals surface area contributed by atoms with Crippen molar-refractivity contribution < 1.29 is 24.5 Å². The molecule has 7 heteroatoms. The van der Waals surface area contributed by atoms with Crippen LogP contribution in [0.15, 0.2) is 72.9 Å². The third-order valence-corrected chi connectivity index (χ3v) is 6.32. The first-order valence-corrected chi connectivity index (χ1v) is 12.0. The average molecular weight is 491 g/mol. The first kappa shape index (κ1) is 26.9. The molecule has 0 saturated carbocycles. The van der Waals surface area contributed by atoms with Crippen molar-refractivity contribution in [3.8, 4) is 11.3 Å². The highest BCUT2D eigenvalue weighted by atomic mass is 16.5. The summed E-state index contributed by atoms with van der Waals surface area (Å²) in [5.41, 5.74) is 3.03. The second-order valence-electron chi connectivity index (χ2n) is 9.61. The van der Waals surface area contributed by atoms with E-state index in [0.717, 1.165) is 16.7 Å². The molecular formula is C29H34N2O5. The van der Waals surface area contributed by atoms with Crippen LogP contribution in [0.3, 0.4) is 0 Å². The lowest BCUT2D eigenvalue weighted by Crippen LogP contribution is -2.34. The number of benzene rings is 2. The molecule has 2 N–H and O–H groups in total. The predicted octanol–water partition coefficient (Wildman–Crippen LogP) is 5.91. The van der Waals surface area contributed by atoms with E-state index in [-0.39, 0.29) is 12.0 Å². The molecule has 3 aromatic rings. The minimum absolute atomic E-state index is 0.0293. The number of aromatic nitrogens is 1. The van der Waals surface area contributed by atoms with E-state index in [2.05, 4.69) is 4.98 Å². The quantitative estimate of drug-likeness (QED) is 0.343.